The van der Waals surface area contributed by atoms with Crippen molar-refractivity contribution in [3.05, 3.63) is 46.8 Å². The van der Waals surface area contributed by atoms with E-state index in [1.807, 2.05) is 30.7 Å². The van der Waals surface area contributed by atoms with Gasteiger partial charge in [-0.1, -0.05) is 24.3 Å². The Bertz CT molecular complexity index is 826. The Kier molecular flexibility index (Phi) is 6.76. The number of rotatable bonds is 7. The quantitative estimate of drug-likeness (QED) is 0.673. The van der Waals surface area contributed by atoms with E-state index in [0.29, 0.717) is 24.3 Å². The van der Waals surface area contributed by atoms with Gasteiger partial charge in [-0.15, -0.1) is 5.10 Å². The smallest absolute Gasteiger partial charge is 0.274 e. The van der Waals surface area contributed by atoms with Crippen LogP contribution in [0, 0.1) is 6.92 Å². The van der Waals surface area contributed by atoms with Crippen LogP contribution in [0.2, 0.25) is 0 Å². The van der Waals surface area contributed by atoms with Crippen LogP contribution < -0.4 is 16.0 Å². The predicted molar refractivity (Wildman–Crippen MR) is 106 cm³/mol. The highest BCUT2D eigenvalue weighted by molar-refractivity contribution is 5.94. The van der Waals surface area contributed by atoms with Crippen molar-refractivity contribution in [3.8, 4) is 0 Å². The van der Waals surface area contributed by atoms with Gasteiger partial charge in [0.1, 0.15) is 0 Å². The zero-order valence-electron chi connectivity index (χ0n) is 16.5. The second-order valence-corrected chi connectivity index (χ2v) is 7.09. The number of amides is 2. The molecule has 2 aromatic rings. The minimum absolute atomic E-state index is 0.101. The molecule has 0 bridgehead atoms. The maximum Gasteiger partial charge on any atom is 0.274 e. The molecule has 1 aromatic carbocycles. The van der Waals surface area contributed by atoms with Gasteiger partial charge in [0.2, 0.25) is 0 Å². The number of carbonyl (C=O) groups excluding carboxylic acids is 2. The first-order valence-electron chi connectivity index (χ1n) is 9.88. The Balaban J connectivity index is 1.61. The van der Waals surface area contributed by atoms with Gasteiger partial charge in [-0.3, -0.25) is 9.59 Å². The molecule has 1 aromatic heterocycles. The van der Waals surface area contributed by atoms with Gasteiger partial charge in [0.25, 0.3) is 11.8 Å². The molecule has 0 saturated carbocycles. The molecule has 150 valence electrons. The van der Waals surface area contributed by atoms with Crippen molar-refractivity contribution >= 4 is 11.8 Å². The van der Waals surface area contributed by atoms with E-state index in [-0.39, 0.29) is 17.9 Å². The highest BCUT2D eigenvalue weighted by Gasteiger charge is 2.22. The molecule has 0 atom stereocenters. The van der Waals surface area contributed by atoms with Gasteiger partial charge in [-0.2, -0.15) is 0 Å². The van der Waals surface area contributed by atoms with Gasteiger partial charge in [-0.25, -0.2) is 4.68 Å². The zero-order valence-corrected chi connectivity index (χ0v) is 16.5. The molecule has 3 N–H and O–H groups in total. The largest absolute Gasteiger partial charge is 0.352 e. The lowest BCUT2D eigenvalue weighted by Crippen LogP contribution is -2.30. The van der Waals surface area contributed by atoms with Crippen LogP contribution in [0.1, 0.15) is 64.3 Å². The Morgan fingerprint density at radius 2 is 2.00 bits per heavy atom. The molecule has 2 amide bonds. The van der Waals surface area contributed by atoms with Crippen molar-refractivity contribution in [3.63, 3.8) is 0 Å². The van der Waals surface area contributed by atoms with Crippen molar-refractivity contribution in [2.45, 2.75) is 45.7 Å². The summed E-state index contributed by atoms with van der Waals surface area (Å²) in [6.07, 6.45) is 2.86. The van der Waals surface area contributed by atoms with E-state index in [1.54, 1.807) is 12.1 Å². The fraction of sp³-hybridized carbons (Fsp3) is 0.500. The summed E-state index contributed by atoms with van der Waals surface area (Å²) in [6.45, 7) is 6.77. The molecule has 0 radical (unpaired) electrons. The number of piperidine rings is 1. The summed E-state index contributed by atoms with van der Waals surface area (Å²) < 4.78 is 1.87. The first-order valence-corrected chi connectivity index (χ1v) is 9.88. The third kappa shape index (κ3) is 4.75. The van der Waals surface area contributed by atoms with Gasteiger partial charge in [0.15, 0.2) is 5.69 Å². The minimum atomic E-state index is -0.251. The SMILES string of the molecule is CCCNC(=O)c1cccc(CNC(=O)c2nnn(C3CCNCC3)c2C)c1. The maximum absolute atomic E-state index is 12.6. The highest BCUT2D eigenvalue weighted by atomic mass is 16.2. The van der Waals surface area contributed by atoms with Gasteiger partial charge >= 0.3 is 0 Å². The van der Waals surface area contributed by atoms with Crippen molar-refractivity contribution < 1.29 is 9.59 Å². The molecule has 2 heterocycles. The van der Waals surface area contributed by atoms with Crippen LogP contribution in [0.25, 0.3) is 0 Å². The predicted octanol–water partition coefficient (Wildman–Crippen LogP) is 1.58. The van der Waals surface area contributed by atoms with E-state index in [4.69, 9.17) is 0 Å². The van der Waals surface area contributed by atoms with E-state index < -0.39 is 0 Å². The van der Waals surface area contributed by atoms with Crippen molar-refractivity contribution in [1.82, 2.24) is 30.9 Å². The van der Waals surface area contributed by atoms with Crippen molar-refractivity contribution in [2.75, 3.05) is 19.6 Å². The van der Waals surface area contributed by atoms with E-state index in [2.05, 4.69) is 26.3 Å². The van der Waals surface area contributed by atoms with Crippen LogP contribution >= 0.6 is 0 Å². The Morgan fingerprint density at radius 3 is 2.75 bits per heavy atom. The molecule has 1 aliphatic rings. The number of nitrogens with zero attached hydrogens (tertiary/aromatic N) is 3. The molecule has 0 unspecified atom stereocenters. The molecule has 0 spiro atoms. The van der Waals surface area contributed by atoms with Gasteiger partial charge in [-0.05, 0) is 57.0 Å². The van der Waals surface area contributed by atoms with Crippen LogP contribution in [0.15, 0.2) is 24.3 Å². The Morgan fingerprint density at radius 1 is 1.21 bits per heavy atom. The van der Waals surface area contributed by atoms with Crippen molar-refractivity contribution in [1.29, 1.82) is 0 Å². The lowest BCUT2D eigenvalue weighted by Gasteiger charge is -2.23. The summed E-state index contributed by atoms with van der Waals surface area (Å²) in [5.41, 5.74) is 2.60. The second-order valence-electron chi connectivity index (χ2n) is 7.09. The van der Waals surface area contributed by atoms with Gasteiger partial charge in [0, 0.05) is 18.7 Å². The molecular formula is C20H28N6O2. The molecular weight excluding hydrogens is 356 g/mol. The third-order valence-electron chi connectivity index (χ3n) is 4.97. The zero-order chi connectivity index (χ0) is 19.9. The minimum Gasteiger partial charge on any atom is -0.352 e. The van der Waals surface area contributed by atoms with E-state index in [0.717, 1.165) is 43.6 Å². The number of nitrogens with one attached hydrogen (secondary N) is 3. The van der Waals surface area contributed by atoms with Crippen LogP contribution in [-0.4, -0.2) is 46.4 Å². The molecule has 8 heteroatoms. The standard InChI is InChI=1S/C20H28N6O2/c1-3-9-22-19(27)16-6-4-5-15(12-16)13-23-20(28)18-14(2)26(25-24-18)17-7-10-21-11-8-17/h4-6,12,17,21H,3,7-11,13H2,1-2H3,(H,22,27)(H,23,28). The first-order chi connectivity index (χ1) is 13.6. The maximum atomic E-state index is 12.6. The summed E-state index contributed by atoms with van der Waals surface area (Å²) in [6, 6.07) is 7.56. The van der Waals surface area contributed by atoms with Crippen LogP contribution in [-0.2, 0) is 6.54 Å². The lowest BCUT2D eigenvalue weighted by atomic mass is 10.1. The number of aromatic nitrogens is 3. The highest BCUT2D eigenvalue weighted by Crippen LogP contribution is 2.20. The monoisotopic (exact) mass is 384 g/mol. The summed E-state index contributed by atoms with van der Waals surface area (Å²) in [5, 5.41) is 17.4. The van der Waals surface area contributed by atoms with Crippen LogP contribution in [0.3, 0.4) is 0 Å². The van der Waals surface area contributed by atoms with Gasteiger partial charge in [0.05, 0.1) is 11.7 Å². The molecule has 0 aliphatic carbocycles. The molecule has 3 rings (SSSR count). The Labute approximate surface area is 165 Å². The van der Waals surface area contributed by atoms with Crippen LogP contribution in [0.4, 0.5) is 0 Å². The average molecular weight is 384 g/mol. The van der Waals surface area contributed by atoms with Gasteiger partial charge < -0.3 is 16.0 Å². The summed E-state index contributed by atoms with van der Waals surface area (Å²) in [4.78, 5) is 24.7. The number of benzene rings is 1. The van der Waals surface area contributed by atoms with Crippen LogP contribution in [0.5, 0.6) is 0 Å². The summed E-state index contributed by atoms with van der Waals surface area (Å²) in [7, 11) is 0. The topological polar surface area (TPSA) is 101 Å². The first kappa shape index (κ1) is 20.0. The molecule has 8 nitrogen and oxygen atoms in total. The van der Waals surface area contributed by atoms with Crippen molar-refractivity contribution in [2.24, 2.45) is 0 Å². The van der Waals surface area contributed by atoms with E-state index in [1.165, 1.54) is 0 Å². The number of carbonyl (C=O) groups is 2. The second kappa shape index (κ2) is 9.45. The number of hydrogen-bond acceptors (Lipinski definition) is 5. The molecule has 1 fully saturated rings. The average Bonchev–Trinajstić information content (AvgIpc) is 3.12. The summed E-state index contributed by atoms with van der Waals surface area (Å²) >= 11 is 0. The fourth-order valence-corrected chi connectivity index (χ4v) is 3.38. The normalized spacial score (nSPS) is 14.6. The molecule has 1 aliphatic heterocycles. The van der Waals surface area contributed by atoms with E-state index in [9.17, 15) is 9.59 Å². The van der Waals surface area contributed by atoms with E-state index >= 15 is 0 Å². The molecule has 1 saturated heterocycles. The lowest BCUT2D eigenvalue weighted by molar-refractivity contribution is 0.0942. The Hall–Kier alpha value is -2.74. The fourth-order valence-electron chi connectivity index (χ4n) is 3.38. The summed E-state index contributed by atoms with van der Waals surface area (Å²) in [5.74, 6) is -0.352. The third-order valence-corrected chi connectivity index (χ3v) is 4.97. The number of hydrogen-bond donors (Lipinski definition) is 3. The molecule has 28 heavy (non-hydrogen) atoms.